The van der Waals surface area contributed by atoms with Gasteiger partial charge in [0.15, 0.2) is 5.69 Å². The number of carbonyl (C=O) groups is 1. The van der Waals surface area contributed by atoms with Crippen LogP contribution in [0.5, 0.6) is 0 Å². The van der Waals surface area contributed by atoms with Crippen molar-refractivity contribution in [2.45, 2.75) is 13.5 Å². The molecule has 0 unspecified atom stereocenters. The van der Waals surface area contributed by atoms with Crippen LogP contribution in [0.15, 0.2) is 30.9 Å². The highest BCUT2D eigenvalue weighted by Gasteiger charge is 2.18. The summed E-state index contributed by atoms with van der Waals surface area (Å²) in [4.78, 5) is 11.7. The number of hydrogen-bond donors (Lipinski definition) is 0. The van der Waals surface area contributed by atoms with Crippen LogP contribution in [-0.2, 0) is 11.3 Å². The molecule has 0 aliphatic heterocycles. The first-order valence-corrected chi connectivity index (χ1v) is 6.52. The maximum atomic E-state index is 13.2. The van der Waals surface area contributed by atoms with Crippen LogP contribution < -0.4 is 0 Å². The fourth-order valence-electron chi connectivity index (χ4n) is 1.73. The molecule has 0 aliphatic rings. The van der Waals surface area contributed by atoms with Gasteiger partial charge in [-0.25, -0.2) is 13.9 Å². The molecule has 1 aromatic heterocycles. The number of carbonyl (C=O) groups excluding carboxylic acids is 1. The Balaban J connectivity index is 2.22. The van der Waals surface area contributed by atoms with Gasteiger partial charge in [0.2, 0.25) is 0 Å². The molecule has 0 fully saturated rings. The number of benzene rings is 1. The molecule has 2 rings (SSSR count). The summed E-state index contributed by atoms with van der Waals surface area (Å²) in [5.41, 5.74) is 1.18. The highest BCUT2D eigenvalue weighted by atomic mass is 35.5. The second kappa shape index (κ2) is 6.49. The van der Waals surface area contributed by atoms with Gasteiger partial charge in [0, 0.05) is 5.02 Å². The Morgan fingerprint density at radius 2 is 2.33 bits per heavy atom. The summed E-state index contributed by atoms with van der Waals surface area (Å²) in [6.07, 6.45) is 1.46. The van der Waals surface area contributed by atoms with Gasteiger partial charge in [0.05, 0.1) is 12.2 Å². The minimum Gasteiger partial charge on any atom is -0.457 e. The highest BCUT2D eigenvalue weighted by Crippen LogP contribution is 2.19. The molecule has 21 heavy (non-hydrogen) atoms. The molecule has 1 heterocycles. The van der Waals surface area contributed by atoms with E-state index in [-0.39, 0.29) is 18.8 Å². The van der Waals surface area contributed by atoms with Crippen LogP contribution in [0, 0.1) is 12.7 Å². The monoisotopic (exact) mass is 309 g/mol. The third-order valence-corrected chi connectivity index (χ3v) is 3.20. The predicted molar refractivity (Wildman–Crippen MR) is 75.8 cm³/mol. The minimum atomic E-state index is -0.580. The zero-order chi connectivity index (χ0) is 15.4. The van der Waals surface area contributed by atoms with Crippen LogP contribution in [0.4, 0.5) is 4.39 Å². The molecule has 110 valence electrons. The van der Waals surface area contributed by atoms with Crippen LogP contribution in [0.2, 0.25) is 5.02 Å². The molecule has 0 spiro atoms. The van der Waals surface area contributed by atoms with Gasteiger partial charge in [-0.05, 0) is 30.7 Å². The van der Waals surface area contributed by atoms with Gasteiger partial charge in [0.1, 0.15) is 12.4 Å². The quantitative estimate of drug-likeness (QED) is 0.629. The van der Waals surface area contributed by atoms with Crippen LogP contribution in [0.3, 0.4) is 0 Å². The first-order valence-electron chi connectivity index (χ1n) is 6.15. The second-order valence-corrected chi connectivity index (χ2v) is 4.71. The Kier molecular flexibility index (Phi) is 4.70. The normalized spacial score (nSPS) is 10.4. The van der Waals surface area contributed by atoms with Gasteiger partial charge in [-0.2, -0.15) is 0 Å². The van der Waals surface area contributed by atoms with E-state index in [1.54, 1.807) is 6.92 Å². The van der Waals surface area contributed by atoms with Crippen molar-refractivity contribution in [3.63, 3.8) is 0 Å². The van der Waals surface area contributed by atoms with Gasteiger partial charge in [0.25, 0.3) is 0 Å². The molecule has 0 atom stereocenters. The lowest BCUT2D eigenvalue weighted by Crippen LogP contribution is -2.09. The molecule has 0 radical (unpaired) electrons. The largest absolute Gasteiger partial charge is 0.457 e. The van der Waals surface area contributed by atoms with Crippen molar-refractivity contribution >= 4 is 17.6 Å². The third-order valence-electron chi connectivity index (χ3n) is 2.84. The van der Waals surface area contributed by atoms with Crippen LogP contribution in [0.25, 0.3) is 0 Å². The molecule has 2 aromatic rings. The number of aromatic nitrogens is 3. The maximum absolute atomic E-state index is 13.2. The van der Waals surface area contributed by atoms with E-state index in [1.807, 2.05) is 0 Å². The van der Waals surface area contributed by atoms with Gasteiger partial charge in [-0.3, -0.25) is 0 Å². The first-order chi connectivity index (χ1) is 10.0. The van der Waals surface area contributed by atoms with E-state index < -0.39 is 11.8 Å². The number of ether oxygens (including phenoxy) is 1. The number of halogens is 2. The van der Waals surface area contributed by atoms with E-state index in [0.29, 0.717) is 16.3 Å². The number of esters is 1. The first kappa shape index (κ1) is 15.2. The van der Waals surface area contributed by atoms with Crippen molar-refractivity contribution < 1.29 is 13.9 Å². The zero-order valence-electron chi connectivity index (χ0n) is 11.3. The van der Waals surface area contributed by atoms with E-state index in [0.717, 1.165) is 0 Å². The van der Waals surface area contributed by atoms with E-state index in [4.69, 9.17) is 16.3 Å². The summed E-state index contributed by atoms with van der Waals surface area (Å²) >= 11 is 6.01. The Bertz CT molecular complexity index is 685. The summed E-state index contributed by atoms with van der Waals surface area (Å²) in [5, 5.41) is 8.07. The summed E-state index contributed by atoms with van der Waals surface area (Å²) < 4.78 is 19.6. The smallest absolute Gasteiger partial charge is 0.361 e. The van der Waals surface area contributed by atoms with Crippen LogP contribution in [-0.4, -0.2) is 27.6 Å². The van der Waals surface area contributed by atoms with E-state index in [1.165, 1.54) is 29.0 Å². The lowest BCUT2D eigenvalue weighted by molar-refractivity contribution is 0.0542. The number of rotatable bonds is 5. The molecular formula is C14H13ClFN3O2. The lowest BCUT2D eigenvalue weighted by Gasteiger charge is -2.06. The van der Waals surface area contributed by atoms with Gasteiger partial charge < -0.3 is 4.74 Å². The zero-order valence-corrected chi connectivity index (χ0v) is 12.1. The Morgan fingerprint density at radius 1 is 1.57 bits per heavy atom. The van der Waals surface area contributed by atoms with Gasteiger partial charge in [-0.1, -0.05) is 29.5 Å². The topological polar surface area (TPSA) is 57.0 Å². The predicted octanol–water partition coefficient (Wildman–Crippen LogP) is 2.77. The maximum Gasteiger partial charge on any atom is 0.361 e. The highest BCUT2D eigenvalue weighted by molar-refractivity contribution is 6.31. The standard InChI is InChI=1S/C14H13ClFN3O2/c1-3-6-21-14(20)13-9(2)19(18-17-13)8-10-7-11(16)4-5-12(10)15/h3-5,7H,1,6,8H2,2H3. The molecule has 7 heteroatoms. The van der Waals surface area contributed by atoms with Crippen molar-refractivity contribution in [3.8, 4) is 0 Å². The molecule has 5 nitrogen and oxygen atoms in total. The van der Waals surface area contributed by atoms with Gasteiger partial charge in [-0.15, -0.1) is 5.10 Å². The van der Waals surface area contributed by atoms with E-state index >= 15 is 0 Å². The molecule has 0 N–H and O–H groups in total. The number of nitrogens with zero attached hydrogens (tertiary/aromatic N) is 3. The average Bonchev–Trinajstić information content (AvgIpc) is 2.82. The average molecular weight is 310 g/mol. The van der Waals surface area contributed by atoms with Crippen LogP contribution in [0.1, 0.15) is 21.7 Å². The Labute approximate surface area is 126 Å². The van der Waals surface area contributed by atoms with E-state index in [9.17, 15) is 9.18 Å². The lowest BCUT2D eigenvalue weighted by atomic mass is 10.2. The van der Waals surface area contributed by atoms with Crippen molar-refractivity contribution in [2.24, 2.45) is 0 Å². The molecule has 1 aromatic carbocycles. The second-order valence-electron chi connectivity index (χ2n) is 4.30. The fraction of sp³-hybridized carbons (Fsp3) is 0.214. The third kappa shape index (κ3) is 3.46. The van der Waals surface area contributed by atoms with Crippen molar-refractivity contribution in [1.82, 2.24) is 15.0 Å². The minimum absolute atomic E-state index is 0.0981. The summed E-state index contributed by atoms with van der Waals surface area (Å²) in [6, 6.07) is 4.06. The summed E-state index contributed by atoms with van der Waals surface area (Å²) in [6.45, 7) is 5.45. The van der Waals surface area contributed by atoms with Crippen molar-refractivity contribution in [3.05, 3.63) is 58.6 Å². The number of hydrogen-bond acceptors (Lipinski definition) is 4. The Morgan fingerprint density at radius 3 is 3.05 bits per heavy atom. The Hall–Kier alpha value is -2.21. The molecule has 0 saturated heterocycles. The molecule has 0 amide bonds. The molecule has 0 saturated carbocycles. The molecule has 0 bridgehead atoms. The molecular weight excluding hydrogens is 297 g/mol. The SMILES string of the molecule is C=CCOC(=O)c1nnn(Cc2cc(F)ccc2Cl)c1C. The van der Waals surface area contributed by atoms with Crippen molar-refractivity contribution in [2.75, 3.05) is 6.61 Å². The summed E-state index contributed by atoms with van der Waals surface area (Å²) in [7, 11) is 0. The molecule has 0 aliphatic carbocycles. The van der Waals surface area contributed by atoms with Gasteiger partial charge >= 0.3 is 5.97 Å². The summed E-state index contributed by atoms with van der Waals surface area (Å²) in [5.74, 6) is -0.971. The van der Waals surface area contributed by atoms with Crippen molar-refractivity contribution in [1.29, 1.82) is 0 Å². The van der Waals surface area contributed by atoms with Crippen LogP contribution >= 0.6 is 11.6 Å². The van der Waals surface area contributed by atoms with E-state index in [2.05, 4.69) is 16.9 Å². The fourth-order valence-corrected chi connectivity index (χ4v) is 1.91.